The third-order valence-electron chi connectivity index (χ3n) is 2.13. The van der Waals surface area contributed by atoms with E-state index in [0.29, 0.717) is 6.04 Å². The maximum atomic E-state index is 13.2. The zero-order valence-electron chi connectivity index (χ0n) is 8.89. The summed E-state index contributed by atoms with van der Waals surface area (Å²) in [6, 6.07) is 7.49. The highest BCUT2D eigenvalue weighted by Crippen LogP contribution is 2.08. The molecular formula is C12H18FN. The third-order valence-corrected chi connectivity index (χ3v) is 2.13. The summed E-state index contributed by atoms with van der Waals surface area (Å²) in [6.07, 6.45) is 1.80. The van der Waals surface area contributed by atoms with Gasteiger partial charge in [0.1, 0.15) is 5.82 Å². The van der Waals surface area contributed by atoms with Gasteiger partial charge in [-0.15, -0.1) is 0 Å². The van der Waals surface area contributed by atoms with Gasteiger partial charge in [-0.25, -0.2) is 4.39 Å². The number of aryl methyl sites for hydroxylation is 1. The second-order valence-electron chi connectivity index (χ2n) is 3.80. The van der Waals surface area contributed by atoms with Gasteiger partial charge in [-0.2, -0.15) is 0 Å². The van der Waals surface area contributed by atoms with Crippen molar-refractivity contribution >= 4 is 0 Å². The van der Waals surface area contributed by atoms with Gasteiger partial charge >= 0.3 is 0 Å². The van der Waals surface area contributed by atoms with Gasteiger partial charge in [-0.05, 0) is 31.0 Å². The van der Waals surface area contributed by atoms with E-state index in [1.165, 1.54) is 6.07 Å². The van der Waals surface area contributed by atoms with Crippen LogP contribution in [0.5, 0.6) is 0 Å². The zero-order chi connectivity index (χ0) is 10.4. The molecule has 1 rings (SSSR count). The molecule has 0 aromatic heterocycles. The zero-order valence-corrected chi connectivity index (χ0v) is 8.89. The Bertz CT molecular complexity index is 271. The molecule has 1 nitrogen and oxygen atoms in total. The van der Waals surface area contributed by atoms with Crippen molar-refractivity contribution in [1.29, 1.82) is 0 Å². The van der Waals surface area contributed by atoms with Crippen LogP contribution in [0.2, 0.25) is 0 Å². The van der Waals surface area contributed by atoms with Crippen molar-refractivity contribution < 1.29 is 4.39 Å². The SMILES string of the molecule is CC(C)NCCCc1ccccc1F. The predicted octanol–water partition coefficient (Wildman–Crippen LogP) is 2.76. The molecule has 0 aliphatic heterocycles. The number of rotatable bonds is 5. The Kier molecular flexibility index (Phi) is 4.60. The van der Waals surface area contributed by atoms with E-state index >= 15 is 0 Å². The summed E-state index contributed by atoms with van der Waals surface area (Å²) in [6.45, 7) is 5.18. The maximum absolute atomic E-state index is 13.2. The van der Waals surface area contributed by atoms with E-state index in [1.807, 2.05) is 12.1 Å². The van der Waals surface area contributed by atoms with Gasteiger partial charge in [0, 0.05) is 6.04 Å². The first-order chi connectivity index (χ1) is 6.70. The first-order valence-corrected chi connectivity index (χ1v) is 5.17. The molecule has 1 aromatic rings. The largest absolute Gasteiger partial charge is 0.315 e. The van der Waals surface area contributed by atoms with Crippen LogP contribution >= 0.6 is 0 Å². The number of hydrogen-bond acceptors (Lipinski definition) is 1. The lowest BCUT2D eigenvalue weighted by Gasteiger charge is -2.07. The van der Waals surface area contributed by atoms with Crippen LogP contribution in [0, 0.1) is 5.82 Å². The van der Waals surface area contributed by atoms with Crippen LogP contribution in [-0.2, 0) is 6.42 Å². The molecule has 1 N–H and O–H groups in total. The van der Waals surface area contributed by atoms with Gasteiger partial charge in [0.2, 0.25) is 0 Å². The molecule has 0 fully saturated rings. The Labute approximate surface area is 85.3 Å². The minimum Gasteiger partial charge on any atom is -0.315 e. The minimum atomic E-state index is -0.0861. The van der Waals surface area contributed by atoms with Crippen LogP contribution in [0.25, 0.3) is 0 Å². The standard InChI is InChI=1S/C12H18FN/c1-10(2)14-9-5-7-11-6-3-4-8-12(11)13/h3-4,6,8,10,14H,5,7,9H2,1-2H3. The number of nitrogens with one attached hydrogen (secondary N) is 1. The summed E-state index contributed by atoms with van der Waals surface area (Å²) >= 11 is 0. The fourth-order valence-corrected chi connectivity index (χ4v) is 1.37. The summed E-state index contributed by atoms with van der Waals surface area (Å²) in [5.41, 5.74) is 0.818. The quantitative estimate of drug-likeness (QED) is 0.712. The second kappa shape index (κ2) is 5.76. The lowest BCUT2D eigenvalue weighted by molar-refractivity contribution is 0.559. The van der Waals surface area contributed by atoms with Crippen LogP contribution in [0.4, 0.5) is 4.39 Å². The highest BCUT2D eigenvalue weighted by Gasteiger charge is 1.99. The molecule has 0 spiro atoms. The summed E-state index contributed by atoms with van der Waals surface area (Å²) in [5, 5.41) is 3.31. The first kappa shape index (κ1) is 11.2. The molecule has 0 radical (unpaired) electrons. The Morgan fingerprint density at radius 1 is 1.29 bits per heavy atom. The average molecular weight is 195 g/mol. The van der Waals surface area contributed by atoms with Gasteiger partial charge in [0.25, 0.3) is 0 Å². The molecule has 0 aliphatic rings. The van der Waals surface area contributed by atoms with Crippen LogP contribution in [-0.4, -0.2) is 12.6 Å². The molecule has 0 bridgehead atoms. The molecule has 78 valence electrons. The number of benzene rings is 1. The van der Waals surface area contributed by atoms with E-state index in [-0.39, 0.29) is 5.82 Å². The second-order valence-corrected chi connectivity index (χ2v) is 3.80. The highest BCUT2D eigenvalue weighted by atomic mass is 19.1. The van der Waals surface area contributed by atoms with Gasteiger partial charge < -0.3 is 5.32 Å². The van der Waals surface area contributed by atoms with Gasteiger partial charge in [-0.1, -0.05) is 32.0 Å². The summed E-state index contributed by atoms with van der Waals surface area (Å²) in [5.74, 6) is -0.0861. The Morgan fingerprint density at radius 2 is 2.00 bits per heavy atom. The lowest BCUT2D eigenvalue weighted by atomic mass is 10.1. The fourth-order valence-electron chi connectivity index (χ4n) is 1.37. The maximum Gasteiger partial charge on any atom is 0.126 e. The van der Waals surface area contributed by atoms with Crippen molar-refractivity contribution in [2.24, 2.45) is 0 Å². The molecule has 0 amide bonds. The van der Waals surface area contributed by atoms with E-state index in [2.05, 4.69) is 19.2 Å². The molecular weight excluding hydrogens is 177 g/mol. The third kappa shape index (κ3) is 3.88. The number of halogens is 1. The van der Waals surface area contributed by atoms with Gasteiger partial charge in [0.05, 0.1) is 0 Å². The van der Waals surface area contributed by atoms with E-state index in [4.69, 9.17) is 0 Å². The molecule has 1 aromatic carbocycles. The van der Waals surface area contributed by atoms with Crippen molar-refractivity contribution in [2.45, 2.75) is 32.7 Å². The molecule has 0 atom stereocenters. The molecule has 0 saturated carbocycles. The van der Waals surface area contributed by atoms with Crippen molar-refractivity contribution in [1.82, 2.24) is 5.32 Å². The van der Waals surface area contributed by atoms with E-state index in [0.717, 1.165) is 24.9 Å². The molecule has 0 aliphatic carbocycles. The smallest absolute Gasteiger partial charge is 0.126 e. The lowest BCUT2D eigenvalue weighted by Crippen LogP contribution is -2.23. The van der Waals surface area contributed by atoms with Gasteiger partial charge in [-0.3, -0.25) is 0 Å². The highest BCUT2D eigenvalue weighted by molar-refractivity contribution is 5.17. The van der Waals surface area contributed by atoms with Crippen molar-refractivity contribution in [3.05, 3.63) is 35.6 Å². The fraction of sp³-hybridized carbons (Fsp3) is 0.500. The predicted molar refractivity (Wildman–Crippen MR) is 57.9 cm³/mol. The van der Waals surface area contributed by atoms with E-state index in [9.17, 15) is 4.39 Å². The average Bonchev–Trinajstić information content (AvgIpc) is 2.15. The molecule has 0 heterocycles. The molecule has 2 heteroatoms. The molecule has 14 heavy (non-hydrogen) atoms. The normalized spacial score (nSPS) is 10.9. The van der Waals surface area contributed by atoms with Gasteiger partial charge in [0.15, 0.2) is 0 Å². The summed E-state index contributed by atoms with van der Waals surface area (Å²) in [4.78, 5) is 0. The Balaban J connectivity index is 2.28. The first-order valence-electron chi connectivity index (χ1n) is 5.17. The summed E-state index contributed by atoms with van der Waals surface area (Å²) < 4.78 is 13.2. The Hall–Kier alpha value is -0.890. The van der Waals surface area contributed by atoms with Crippen LogP contribution in [0.1, 0.15) is 25.8 Å². The number of hydrogen-bond donors (Lipinski definition) is 1. The van der Waals surface area contributed by atoms with Crippen molar-refractivity contribution in [2.75, 3.05) is 6.54 Å². The Morgan fingerprint density at radius 3 is 2.64 bits per heavy atom. The van der Waals surface area contributed by atoms with E-state index < -0.39 is 0 Å². The topological polar surface area (TPSA) is 12.0 Å². The molecule has 0 saturated heterocycles. The van der Waals surface area contributed by atoms with Crippen molar-refractivity contribution in [3.63, 3.8) is 0 Å². The van der Waals surface area contributed by atoms with Crippen LogP contribution in [0.15, 0.2) is 24.3 Å². The summed E-state index contributed by atoms with van der Waals surface area (Å²) in [7, 11) is 0. The van der Waals surface area contributed by atoms with Crippen LogP contribution in [0.3, 0.4) is 0 Å². The minimum absolute atomic E-state index is 0.0861. The van der Waals surface area contributed by atoms with E-state index in [1.54, 1.807) is 6.07 Å². The van der Waals surface area contributed by atoms with Crippen LogP contribution < -0.4 is 5.32 Å². The monoisotopic (exact) mass is 195 g/mol. The molecule has 0 unspecified atom stereocenters. The van der Waals surface area contributed by atoms with Crippen molar-refractivity contribution in [3.8, 4) is 0 Å².